The number of carbonyl (C=O) groups excluding carboxylic acids is 1. The lowest BCUT2D eigenvalue weighted by Gasteiger charge is -2.20. The molecule has 0 saturated carbocycles. The fraction of sp³-hybridized carbons (Fsp3) is 0.500. The van der Waals surface area contributed by atoms with E-state index >= 15 is 0 Å². The van der Waals surface area contributed by atoms with E-state index in [1.807, 2.05) is 6.07 Å². The smallest absolute Gasteiger partial charge is 0.211 e. The first kappa shape index (κ1) is 13.5. The van der Waals surface area contributed by atoms with Crippen LogP contribution in [0.25, 0.3) is 0 Å². The Morgan fingerprint density at radius 1 is 1.20 bits per heavy atom. The molecule has 0 radical (unpaired) electrons. The van der Waals surface area contributed by atoms with Gasteiger partial charge in [0.05, 0.1) is 4.90 Å². The summed E-state index contributed by atoms with van der Waals surface area (Å²) in [4.78, 5) is 14.3. The third-order valence-electron chi connectivity index (χ3n) is 4.05. The maximum Gasteiger partial charge on any atom is 0.244 e. The van der Waals surface area contributed by atoms with Gasteiger partial charge in [-0.25, -0.2) is 13.2 Å². The number of isocyanates is 1. The summed E-state index contributed by atoms with van der Waals surface area (Å²) in [6, 6.07) is 5.35. The molecule has 3 rings (SSSR count). The van der Waals surface area contributed by atoms with Crippen LogP contribution in [0.3, 0.4) is 0 Å². The molecule has 1 fully saturated rings. The highest BCUT2D eigenvalue weighted by Gasteiger charge is 2.35. The zero-order chi connectivity index (χ0) is 14.2. The molecule has 5 nitrogen and oxygen atoms in total. The molecule has 0 spiro atoms. The minimum absolute atomic E-state index is 0.311. The van der Waals surface area contributed by atoms with E-state index in [2.05, 4.69) is 4.99 Å². The molecule has 0 aromatic heterocycles. The topological polar surface area (TPSA) is 66.8 Å². The molecule has 0 bridgehead atoms. The van der Waals surface area contributed by atoms with Crippen LogP contribution in [0.5, 0.6) is 0 Å². The van der Waals surface area contributed by atoms with Gasteiger partial charge in [0.1, 0.15) is 6.17 Å². The van der Waals surface area contributed by atoms with Crippen LogP contribution in [0.2, 0.25) is 0 Å². The van der Waals surface area contributed by atoms with Crippen LogP contribution in [0.15, 0.2) is 28.1 Å². The van der Waals surface area contributed by atoms with Gasteiger partial charge in [0.15, 0.2) is 0 Å². The van der Waals surface area contributed by atoms with Gasteiger partial charge in [0.25, 0.3) is 0 Å². The van der Waals surface area contributed by atoms with Crippen molar-refractivity contribution < 1.29 is 13.2 Å². The average Bonchev–Trinajstić information content (AvgIpc) is 3.06. The molecule has 20 heavy (non-hydrogen) atoms. The Kier molecular flexibility index (Phi) is 3.46. The van der Waals surface area contributed by atoms with Crippen molar-refractivity contribution in [3.05, 3.63) is 29.3 Å². The van der Waals surface area contributed by atoms with Crippen molar-refractivity contribution in [2.24, 2.45) is 4.99 Å². The van der Waals surface area contributed by atoms with Crippen LogP contribution in [0, 0.1) is 0 Å². The third kappa shape index (κ3) is 2.20. The van der Waals surface area contributed by atoms with Crippen LogP contribution in [0.4, 0.5) is 0 Å². The predicted molar refractivity (Wildman–Crippen MR) is 73.5 cm³/mol. The standard InChI is InChI=1S/C14H16N2O3S/c17-10-15-14-5-2-8-16(14)20(18,19)13-7-6-11-3-1-4-12(11)9-13/h6-7,9,14H,1-5,8H2. The van der Waals surface area contributed by atoms with Gasteiger partial charge < -0.3 is 0 Å². The molecule has 106 valence electrons. The van der Waals surface area contributed by atoms with E-state index in [0.717, 1.165) is 31.2 Å². The first-order valence-corrected chi connectivity index (χ1v) is 8.27. The fourth-order valence-electron chi connectivity index (χ4n) is 3.04. The number of aliphatic imine (C=N–C) groups is 1. The van der Waals surface area contributed by atoms with Gasteiger partial charge in [0, 0.05) is 6.54 Å². The monoisotopic (exact) mass is 292 g/mol. The summed E-state index contributed by atoms with van der Waals surface area (Å²) in [5.74, 6) is 0. The van der Waals surface area contributed by atoms with Crippen LogP contribution >= 0.6 is 0 Å². The summed E-state index contributed by atoms with van der Waals surface area (Å²) in [5, 5.41) is 0. The summed E-state index contributed by atoms with van der Waals surface area (Å²) in [6.45, 7) is 0.412. The average molecular weight is 292 g/mol. The van der Waals surface area contributed by atoms with Crippen molar-refractivity contribution in [2.75, 3.05) is 6.54 Å². The van der Waals surface area contributed by atoms with Gasteiger partial charge >= 0.3 is 0 Å². The zero-order valence-corrected chi connectivity index (χ0v) is 11.9. The van der Waals surface area contributed by atoms with Crippen LogP contribution in [-0.4, -0.2) is 31.5 Å². The minimum Gasteiger partial charge on any atom is -0.211 e. The lowest BCUT2D eigenvalue weighted by Crippen LogP contribution is -2.34. The molecule has 1 atom stereocenters. The minimum atomic E-state index is -3.57. The Morgan fingerprint density at radius 2 is 2.00 bits per heavy atom. The van der Waals surface area contributed by atoms with Crippen LogP contribution in [-0.2, 0) is 27.7 Å². The van der Waals surface area contributed by atoms with E-state index in [-0.39, 0.29) is 0 Å². The number of nitrogens with zero attached hydrogens (tertiary/aromatic N) is 2. The third-order valence-corrected chi connectivity index (χ3v) is 5.94. The van der Waals surface area contributed by atoms with Crippen molar-refractivity contribution in [3.63, 3.8) is 0 Å². The quantitative estimate of drug-likeness (QED) is 0.628. The van der Waals surface area contributed by atoms with Gasteiger partial charge in [-0.2, -0.15) is 9.30 Å². The summed E-state index contributed by atoms with van der Waals surface area (Å²) < 4.78 is 26.6. The molecule has 0 amide bonds. The molecule has 2 aliphatic rings. The molecule has 0 N–H and O–H groups in total. The first-order valence-electron chi connectivity index (χ1n) is 6.83. The van der Waals surface area contributed by atoms with Crippen molar-refractivity contribution in [1.29, 1.82) is 0 Å². The van der Waals surface area contributed by atoms with E-state index in [9.17, 15) is 13.2 Å². The second-order valence-electron chi connectivity index (χ2n) is 5.24. The highest BCUT2D eigenvalue weighted by molar-refractivity contribution is 7.89. The Morgan fingerprint density at radius 3 is 2.80 bits per heavy atom. The van der Waals surface area contributed by atoms with Crippen LogP contribution < -0.4 is 0 Å². The normalized spacial score (nSPS) is 22.5. The van der Waals surface area contributed by atoms with E-state index < -0.39 is 16.2 Å². The molecule has 1 aromatic carbocycles. The Bertz CT molecular complexity index is 678. The van der Waals surface area contributed by atoms with Gasteiger partial charge in [-0.15, -0.1) is 0 Å². The van der Waals surface area contributed by atoms with Gasteiger partial charge in [-0.05, 0) is 55.4 Å². The Hall–Kier alpha value is -1.49. The van der Waals surface area contributed by atoms with Gasteiger partial charge in [-0.3, -0.25) is 0 Å². The number of sulfonamides is 1. The van der Waals surface area contributed by atoms with Crippen molar-refractivity contribution in [2.45, 2.75) is 43.2 Å². The van der Waals surface area contributed by atoms with Crippen molar-refractivity contribution in [1.82, 2.24) is 4.31 Å². The van der Waals surface area contributed by atoms with Crippen LogP contribution in [0.1, 0.15) is 30.4 Å². The van der Waals surface area contributed by atoms with E-state index in [1.54, 1.807) is 12.1 Å². The summed E-state index contributed by atoms with van der Waals surface area (Å²) in [7, 11) is -3.57. The number of rotatable bonds is 3. The first-order chi connectivity index (χ1) is 9.63. The molecule has 1 unspecified atom stereocenters. The number of hydrogen-bond acceptors (Lipinski definition) is 4. The van der Waals surface area contributed by atoms with Gasteiger partial charge in [0.2, 0.25) is 16.1 Å². The number of fused-ring (bicyclic) bond motifs is 1. The molecule has 1 aromatic rings. The van der Waals surface area contributed by atoms with Crippen molar-refractivity contribution in [3.8, 4) is 0 Å². The predicted octanol–water partition coefficient (Wildman–Crippen LogP) is 1.62. The number of hydrogen-bond donors (Lipinski definition) is 0. The zero-order valence-electron chi connectivity index (χ0n) is 11.1. The van der Waals surface area contributed by atoms with Crippen molar-refractivity contribution >= 4 is 16.1 Å². The fourth-order valence-corrected chi connectivity index (χ4v) is 4.68. The highest BCUT2D eigenvalue weighted by atomic mass is 32.2. The second-order valence-corrected chi connectivity index (χ2v) is 7.13. The molecule has 1 saturated heterocycles. The largest absolute Gasteiger partial charge is 0.244 e. The number of benzene rings is 1. The molecule has 1 aliphatic heterocycles. The summed E-state index contributed by atoms with van der Waals surface area (Å²) in [5.41, 5.74) is 2.37. The maximum atomic E-state index is 12.7. The van der Waals surface area contributed by atoms with Gasteiger partial charge in [-0.1, -0.05) is 6.07 Å². The van der Waals surface area contributed by atoms with E-state index in [0.29, 0.717) is 17.9 Å². The molecular weight excluding hydrogens is 276 g/mol. The molecular formula is C14H16N2O3S. The maximum absolute atomic E-state index is 12.7. The molecule has 1 heterocycles. The summed E-state index contributed by atoms with van der Waals surface area (Å²) >= 11 is 0. The Balaban J connectivity index is 1.97. The SMILES string of the molecule is O=C=NC1CCCN1S(=O)(=O)c1ccc2c(c1)CCC2. The number of aryl methyl sites for hydroxylation is 2. The van der Waals surface area contributed by atoms with E-state index in [1.165, 1.54) is 15.9 Å². The summed E-state index contributed by atoms with van der Waals surface area (Å²) in [6.07, 6.45) is 5.24. The Labute approximate surface area is 118 Å². The lowest BCUT2D eigenvalue weighted by molar-refractivity contribution is 0.395. The molecule has 1 aliphatic carbocycles. The lowest BCUT2D eigenvalue weighted by atomic mass is 10.1. The highest BCUT2D eigenvalue weighted by Crippen LogP contribution is 2.30. The molecule has 6 heteroatoms. The second kappa shape index (κ2) is 5.13. The van der Waals surface area contributed by atoms with E-state index in [4.69, 9.17) is 0 Å².